The third kappa shape index (κ3) is 5.38. The highest BCUT2D eigenvalue weighted by Crippen LogP contribution is 2.29. The third-order valence-corrected chi connectivity index (χ3v) is 5.81. The zero-order valence-electron chi connectivity index (χ0n) is 14.5. The van der Waals surface area contributed by atoms with Gasteiger partial charge in [0.2, 0.25) is 5.84 Å². The molecule has 2 N–H and O–H groups in total. The van der Waals surface area contributed by atoms with Crippen LogP contribution in [0.5, 0.6) is 5.75 Å². The number of halogens is 4. The topological polar surface area (TPSA) is 96.9 Å². The molecule has 7 nitrogen and oxygen atoms in total. The molecule has 1 aliphatic heterocycles. The number of ether oxygens (including phenoxy) is 1. The maximum atomic E-state index is 12.5. The molecule has 0 aromatic heterocycles. The Hall–Kier alpha value is -2.35. The Balaban J connectivity index is 1.69. The van der Waals surface area contributed by atoms with Crippen molar-refractivity contribution in [1.29, 1.82) is 0 Å². The average Bonchev–Trinajstić information content (AvgIpc) is 2.62. The number of nitrogens with one attached hydrogen (secondary N) is 2. The van der Waals surface area contributed by atoms with Gasteiger partial charge in [0.15, 0.2) is 0 Å². The van der Waals surface area contributed by atoms with Crippen molar-refractivity contribution in [2.45, 2.75) is 17.7 Å². The Morgan fingerprint density at radius 2 is 1.93 bits per heavy atom. The second-order valence-electron chi connectivity index (χ2n) is 5.84. The molecule has 0 fully saturated rings. The molecule has 2 aromatic carbocycles. The highest BCUT2D eigenvalue weighted by Gasteiger charge is 2.32. The van der Waals surface area contributed by atoms with Gasteiger partial charge in [0, 0.05) is 10.1 Å². The van der Waals surface area contributed by atoms with E-state index in [-0.39, 0.29) is 34.9 Å². The Morgan fingerprint density at radius 1 is 1.21 bits per heavy atom. The second-order valence-corrected chi connectivity index (χ2v) is 8.74. The summed E-state index contributed by atoms with van der Waals surface area (Å²) in [5, 5.41) is 2.44. The number of alkyl halides is 3. The van der Waals surface area contributed by atoms with Crippen LogP contribution in [-0.4, -0.2) is 33.1 Å². The number of benzene rings is 2. The maximum Gasteiger partial charge on any atom is 0.573 e. The van der Waals surface area contributed by atoms with E-state index in [4.69, 9.17) is 0 Å². The van der Waals surface area contributed by atoms with Gasteiger partial charge in [-0.1, -0.05) is 18.2 Å². The summed E-state index contributed by atoms with van der Waals surface area (Å²) in [5.74, 6) is -1.58. The number of fused-ring (bicyclic) bond motifs is 1. The van der Waals surface area contributed by atoms with Gasteiger partial charge < -0.3 is 10.1 Å². The minimum Gasteiger partial charge on any atom is -0.406 e. The second kappa shape index (κ2) is 8.18. The van der Waals surface area contributed by atoms with E-state index in [9.17, 15) is 26.4 Å². The number of para-hydroxylation sites is 1. The molecule has 12 heteroatoms. The van der Waals surface area contributed by atoms with Crippen molar-refractivity contribution in [3.05, 3.63) is 51.6 Å². The standard InChI is InChI=1S/C17H13F3IN3O4S/c18-17(19,20)28-13-4-2-1-3-10(13)7-8-22-16(25)15-23-12-6-5-11(21)9-14(12)29(26,27)24-15/h1-6,9H,7-8H2,(H,22,25)(H,23,24). The molecule has 0 atom stereocenters. The van der Waals surface area contributed by atoms with E-state index in [0.29, 0.717) is 3.57 Å². The van der Waals surface area contributed by atoms with Gasteiger partial charge in [-0.2, -0.15) is 0 Å². The lowest BCUT2D eigenvalue weighted by Crippen LogP contribution is -2.44. The summed E-state index contributed by atoms with van der Waals surface area (Å²) in [6.45, 7) is -0.0582. The predicted molar refractivity (Wildman–Crippen MR) is 106 cm³/mol. The SMILES string of the molecule is O=C(NCCc1ccccc1OC(F)(F)F)C1=Nc2ccc(I)cc2S(=O)(=O)N1. The van der Waals surface area contributed by atoms with Crippen molar-refractivity contribution in [3.8, 4) is 5.75 Å². The molecule has 0 saturated heterocycles. The summed E-state index contributed by atoms with van der Waals surface area (Å²) in [7, 11) is -3.95. The number of rotatable bonds is 5. The number of sulfonamides is 1. The van der Waals surface area contributed by atoms with E-state index in [1.54, 1.807) is 6.07 Å². The number of nitrogens with zero attached hydrogens (tertiary/aromatic N) is 1. The van der Waals surface area contributed by atoms with E-state index >= 15 is 0 Å². The van der Waals surface area contributed by atoms with Crippen molar-refractivity contribution >= 4 is 50.0 Å². The molecule has 0 aliphatic carbocycles. The average molecular weight is 539 g/mol. The highest BCUT2D eigenvalue weighted by molar-refractivity contribution is 14.1. The summed E-state index contributed by atoms with van der Waals surface area (Å²) < 4.78 is 68.8. The van der Waals surface area contributed by atoms with Crippen LogP contribution in [0.1, 0.15) is 5.56 Å². The third-order valence-electron chi connectivity index (χ3n) is 3.77. The molecular weight excluding hydrogens is 526 g/mol. The highest BCUT2D eigenvalue weighted by atomic mass is 127. The molecule has 2 aromatic rings. The fraction of sp³-hybridized carbons (Fsp3) is 0.176. The van der Waals surface area contributed by atoms with Gasteiger partial charge in [-0.05, 0) is 58.8 Å². The van der Waals surface area contributed by atoms with Gasteiger partial charge in [0.25, 0.3) is 15.9 Å². The first-order chi connectivity index (χ1) is 13.5. The van der Waals surface area contributed by atoms with Crippen LogP contribution < -0.4 is 14.8 Å². The van der Waals surface area contributed by atoms with Gasteiger partial charge >= 0.3 is 6.36 Å². The monoisotopic (exact) mass is 539 g/mol. The lowest BCUT2D eigenvalue weighted by molar-refractivity contribution is -0.274. The van der Waals surface area contributed by atoms with E-state index in [1.165, 1.54) is 36.4 Å². The lowest BCUT2D eigenvalue weighted by Gasteiger charge is -2.18. The smallest absolute Gasteiger partial charge is 0.406 e. The Morgan fingerprint density at radius 3 is 2.66 bits per heavy atom. The van der Waals surface area contributed by atoms with E-state index in [2.05, 4.69) is 19.8 Å². The lowest BCUT2D eigenvalue weighted by atomic mass is 10.1. The van der Waals surface area contributed by atoms with Crippen molar-refractivity contribution < 1.29 is 31.1 Å². The molecule has 1 amide bonds. The summed E-state index contributed by atoms with van der Waals surface area (Å²) in [5.41, 5.74) is 0.356. The number of hydrogen-bond donors (Lipinski definition) is 2. The van der Waals surface area contributed by atoms with Crippen molar-refractivity contribution in [3.63, 3.8) is 0 Å². The molecule has 154 valence electrons. The van der Waals surface area contributed by atoms with Gasteiger partial charge in [-0.25, -0.2) is 13.4 Å². The van der Waals surface area contributed by atoms with E-state index < -0.39 is 28.1 Å². The summed E-state index contributed by atoms with van der Waals surface area (Å²) in [4.78, 5) is 16.3. The number of amidine groups is 1. The molecular formula is C17H13F3IN3O4S. The fourth-order valence-corrected chi connectivity index (χ4v) is 4.42. The number of hydrogen-bond acceptors (Lipinski definition) is 5. The van der Waals surface area contributed by atoms with Crippen LogP contribution in [0.25, 0.3) is 0 Å². The normalized spacial score (nSPS) is 15.0. The maximum absolute atomic E-state index is 12.5. The van der Waals surface area contributed by atoms with Crippen LogP contribution in [0.3, 0.4) is 0 Å². The first-order valence-electron chi connectivity index (χ1n) is 8.08. The first-order valence-corrected chi connectivity index (χ1v) is 10.6. The minimum atomic E-state index is -4.83. The molecule has 29 heavy (non-hydrogen) atoms. The molecule has 1 aliphatic rings. The molecule has 0 radical (unpaired) electrons. The van der Waals surface area contributed by atoms with Crippen molar-refractivity contribution in [2.24, 2.45) is 4.99 Å². The Labute approximate surface area is 177 Å². The summed E-state index contributed by atoms with van der Waals surface area (Å²) in [6.07, 6.45) is -4.80. The predicted octanol–water partition coefficient (Wildman–Crippen LogP) is 2.87. The first kappa shape index (κ1) is 21.4. The zero-order chi connectivity index (χ0) is 21.2. The van der Waals surface area contributed by atoms with E-state index in [1.807, 2.05) is 22.6 Å². The van der Waals surface area contributed by atoms with Crippen molar-refractivity contribution in [1.82, 2.24) is 10.0 Å². The quantitative estimate of drug-likeness (QED) is 0.572. The number of amides is 1. The Kier molecular flexibility index (Phi) is 6.03. The number of carbonyl (C=O) groups is 1. The van der Waals surface area contributed by atoms with Gasteiger partial charge in [0.05, 0.1) is 5.69 Å². The Bertz CT molecular complexity index is 1090. The fourth-order valence-electron chi connectivity index (χ4n) is 2.55. The van der Waals surface area contributed by atoms with Crippen LogP contribution in [0.15, 0.2) is 52.4 Å². The molecule has 0 spiro atoms. The van der Waals surface area contributed by atoms with Crippen LogP contribution in [0, 0.1) is 3.57 Å². The van der Waals surface area contributed by atoms with Crippen LogP contribution >= 0.6 is 22.6 Å². The molecule has 0 bridgehead atoms. The molecule has 1 heterocycles. The zero-order valence-corrected chi connectivity index (χ0v) is 17.4. The largest absolute Gasteiger partial charge is 0.573 e. The number of aliphatic imine (C=N–C) groups is 1. The molecule has 0 unspecified atom stereocenters. The molecule has 0 saturated carbocycles. The van der Waals surface area contributed by atoms with Gasteiger partial charge in [0.1, 0.15) is 10.6 Å². The van der Waals surface area contributed by atoms with Crippen LogP contribution in [-0.2, 0) is 21.2 Å². The number of carbonyl (C=O) groups excluding carboxylic acids is 1. The minimum absolute atomic E-state index is 0.0345. The van der Waals surface area contributed by atoms with Crippen molar-refractivity contribution in [2.75, 3.05) is 6.54 Å². The molecule has 3 rings (SSSR count). The van der Waals surface area contributed by atoms with Crippen LogP contribution in [0.2, 0.25) is 0 Å². The van der Waals surface area contributed by atoms with Gasteiger partial charge in [-0.15, -0.1) is 13.2 Å². The summed E-state index contributed by atoms with van der Waals surface area (Å²) >= 11 is 1.95. The van der Waals surface area contributed by atoms with Crippen LogP contribution in [0.4, 0.5) is 18.9 Å². The van der Waals surface area contributed by atoms with Gasteiger partial charge in [-0.3, -0.25) is 9.52 Å². The van der Waals surface area contributed by atoms with E-state index in [0.717, 1.165) is 0 Å². The summed E-state index contributed by atoms with van der Waals surface area (Å²) in [6, 6.07) is 10.1.